The fraction of sp³-hybridized carbons (Fsp3) is 0.450. The van der Waals surface area contributed by atoms with E-state index in [-0.39, 0.29) is 0 Å². The molecule has 3 heterocycles. The number of rotatable bonds is 4. The minimum absolute atomic E-state index is 0.500. The van der Waals surface area contributed by atoms with Crippen LogP contribution >= 0.6 is 11.6 Å². The second-order valence-corrected chi connectivity index (χ2v) is 7.84. The van der Waals surface area contributed by atoms with Crippen molar-refractivity contribution >= 4 is 22.9 Å². The number of benzene rings is 1. The highest BCUT2D eigenvalue weighted by Crippen LogP contribution is 2.34. The van der Waals surface area contributed by atoms with Crippen molar-refractivity contribution in [3.63, 3.8) is 0 Å². The quantitative estimate of drug-likeness (QED) is 0.685. The van der Waals surface area contributed by atoms with Gasteiger partial charge in [-0.05, 0) is 30.2 Å². The summed E-state index contributed by atoms with van der Waals surface area (Å²) >= 11 is 6.67. The molecule has 0 amide bonds. The topological polar surface area (TPSA) is 46.3 Å². The molecular formula is C20H24ClN5. The second-order valence-electron chi connectivity index (χ2n) is 7.47. The van der Waals surface area contributed by atoms with Crippen molar-refractivity contribution in [1.82, 2.24) is 19.8 Å². The van der Waals surface area contributed by atoms with Crippen LogP contribution < -0.4 is 4.90 Å². The van der Waals surface area contributed by atoms with Crippen molar-refractivity contribution in [3.8, 4) is 0 Å². The van der Waals surface area contributed by atoms with Crippen molar-refractivity contribution in [3.05, 3.63) is 52.9 Å². The lowest BCUT2D eigenvalue weighted by atomic mass is 9.89. The standard InChI is InChI=1S/C20H24ClN5/c1-14(2)12-18-23-24-20-19(21)17(13-22-26(18)20)25-10-8-16(9-11-25)15-6-4-3-5-7-15/h3-7,13-14,16H,8-12H2,1-2H3. The Kier molecular flexibility index (Phi) is 4.81. The summed E-state index contributed by atoms with van der Waals surface area (Å²) in [7, 11) is 0. The number of piperidine rings is 1. The number of fused-ring (bicyclic) bond motifs is 1. The summed E-state index contributed by atoms with van der Waals surface area (Å²) in [6.45, 7) is 6.27. The first-order valence-corrected chi connectivity index (χ1v) is 9.70. The summed E-state index contributed by atoms with van der Waals surface area (Å²) < 4.78 is 1.78. The molecule has 0 bridgehead atoms. The van der Waals surface area contributed by atoms with E-state index in [1.165, 1.54) is 5.56 Å². The molecule has 0 aliphatic carbocycles. The van der Waals surface area contributed by atoms with Crippen LogP contribution in [0.5, 0.6) is 0 Å². The molecule has 1 aliphatic heterocycles. The van der Waals surface area contributed by atoms with E-state index in [4.69, 9.17) is 11.6 Å². The highest BCUT2D eigenvalue weighted by molar-refractivity contribution is 6.36. The lowest BCUT2D eigenvalue weighted by Crippen LogP contribution is -2.33. The number of hydrogen-bond donors (Lipinski definition) is 0. The van der Waals surface area contributed by atoms with Crippen molar-refractivity contribution in [2.24, 2.45) is 5.92 Å². The third-order valence-corrected chi connectivity index (χ3v) is 5.48. The molecule has 136 valence electrons. The molecule has 0 radical (unpaired) electrons. The van der Waals surface area contributed by atoms with Crippen LogP contribution in [0.3, 0.4) is 0 Å². The molecular weight excluding hydrogens is 346 g/mol. The molecule has 1 aromatic carbocycles. The van der Waals surface area contributed by atoms with E-state index >= 15 is 0 Å². The lowest BCUT2D eigenvalue weighted by molar-refractivity contribution is 0.505. The predicted octanol–water partition coefficient (Wildman–Crippen LogP) is 4.36. The first kappa shape index (κ1) is 17.3. The van der Waals surface area contributed by atoms with Gasteiger partial charge in [0.15, 0.2) is 11.5 Å². The Labute approximate surface area is 159 Å². The molecule has 6 heteroatoms. The van der Waals surface area contributed by atoms with Crippen LogP contribution in [0.1, 0.15) is 44.0 Å². The summed E-state index contributed by atoms with van der Waals surface area (Å²) in [5.41, 5.74) is 3.06. The number of halogens is 1. The van der Waals surface area contributed by atoms with Crippen LogP contribution in [-0.2, 0) is 6.42 Å². The molecule has 4 rings (SSSR count). The minimum atomic E-state index is 0.500. The van der Waals surface area contributed by atoms with Gasteiger partial charge in [-0.25, -0.2) is 0 Å². The van der Waals surface area contributed by atoms with Crippen LogP contribution in [-0.4, -0.2) is 32.9 Å². The Morgan fingerprint density at radius 2 is 1.85 bits per heavy atom. The zero-order valence-electron chi connectivity index (χ0n) is 15.3. The number of hydrogen-bond acceptors (Lipinski definition) is 4. The summed E-state index contributed by atoms with van der Waals surface area (Å²) in [6.07, 6.45) is 4.95. The van der Waals surface area contributed by atoms with Crippen molar-refractivity contribution in [1.29, 1.82) is 0 Å². The monoisotopic (exact) mass is 369 g/mol. The Hall–Kier alpha value is -2.14. The summed E-state index contributed by atoms with van der Waals surface area (Å²) in [5, 5.41) is 13.8. The fourth-order valence-corrected chi connectivity index (χ4v) is 4.03. The van der Waals surface area contributed by atoms with Crippen molar-refractivity contribution in [2.45, 2.75) is 39.0 Å². The lowest BCUT2D eigenvalue weighted by Gasteiger charge is -2.34. The Morgan fingerprint density at radius 3 is 2.54 bits per heavy atom. The molecule has 0 spiro atoms. The number of anilines is 1. The van der Waals surface area contributed by atoms with Gasteiger partial charge in [-0.1, -0.05) is 55.8 Å². The average molecular weight is 370 g/mol. The fourth-order valence-electron chi connectivity index (χ4n) is 3.75. The maximum absolute atomic E-state index is 6.67. The third kappa shape index (κ3) is 3.28. The third-order valence-electron chi connectivity index (χ3n) is 5.12. The van der Waals surface area contributed by atoms with Gasteiger partial charge in [0.05, 0.1) is 11.9 Å². The Bertz CT molecular complexity index is 882. The second kappa shape index (κ2) is 7.23. The molecule has 1 saturated heterocycles. The van der Waals surface area contributed by atoms with E-state index in [1.54, 1.807) is 4.52 Å². The molecule has 5 nitrogen and oxygen atoms in total. The van der Waals surface area contributed by atoms with Gasteiger partial charge >= 0.3 is 0 Å². The largest absolute Gasteiger partial charge is 0.369 e. The normalized spacial score (nSPS) is 15.9. The molecule has 0 saturated carbocycles. The average Bonchev–Trinajstić information content (AvgIpc) is 3.06. The highest BCUT2D eigenvalue weighted by atomic mass is 35.5. The molecule has 0 N–H and O–H groups in total. The SMILES string of the molecule is CC(C)Cc1nnc2c(Cl)c(N3CCC(c4ccccc4)CC3)cnn12. The Morgan fingerprint density at radius 1 is 1.12 bits per heavy atom. The number of nitrogens with zero attached hydrogens (tertiary/aromatic N) is 5. The van der Waals surface area contributed by atoms with E-state index in [0.717, 1.165) is 43.9 Å². The first-order chi connectivity index (χ1) is 12.6. The van der Waals surface area contributed by atoms with Crippen LogP contribution in [0.25, 0.3) is 5.65 Å². The van der Waals surface area contributed by atoms with Gasteiger partial charge in [-0.3, -0.25) is 0 Å². The smallest absolute Gasteiger partial charge is 0.198 e. The van der Waals surface area contributed by atoms with Gasteiger partial charge in [-0.15, -0.1) is 10.2 Å². The van der Waals surface area contributed by atoms with Gasteiger partial charge in [0.25, 0.3) is 0 Å². The van der Waals surface area contributed by atoms with Gasteiger partial charge in [0.1, 0.15) is 5.02 Å². The van der Waals surface area contributed by atoms with E-state index in [1.807, 2.05) is 6.20 Å². The summed E-state index contributed by atoms with van der Waals surface area (Å²) in [4.78, 5) is 2.32. The Balaban J connectivity index is 1.53. The minimum Gasteiger partial charge on any atom is -0.369 e. The molecule has 3 aromatic rings. The van der Waals surface area contributed by atoms with Gasteiger partial charge < -0.3 is 4.90 Å². The van der Waals surface area contributed by atoms with E-state index in [2.05, 4.69) is 64.4 Å². The van der Waals surface area contributed by atoms with Crippen LogP contribution in [0, 0.1) is 5.92 Å². The first-order valence-electron chi connectivity index (χ1n) is 9.32. The zero-order chi connectivity index (χ0) is 18.1. The summed E-state index contributed by atoms with van der Waals surface area (Å²) in [6, 6.07) is 10.8. The molecule has 2 aromatic heterocycles. The molecule has 0 atom stereocenters. The number of aromatic nitrogens is 4. The summed E-state index contributed by atoms with van der Waals surface area (Å²) in [5.74, 6) is 1.99. The van der Waals surface area contributed by atoms with Gasteiger partial charge in [0, 0.05) is 19.5 Å². The van der Waals surface area contributed by atoms with Crippen molar-refractivity contribution < 1.29 is 0 Å². The van der Waals surface area contributed by atoms with Gasteiger partial charge in [-0.2, -0.15) is 9.61 Å². The van der Waals surface area contributed by atoms with Crippen molar-refractivity contribution in [2.75, 3.05) is 18.0 Å². The zero-order valence-corrected chi connectivity index (χ0v) is 16.0. The van der Waals surface area contributed by atoms with Crippen LogP contribution in [0.4, 0.5) is 5.69 Å². The molecule has 1 fully saturated rings. The predicted molar refractivity (Wildman–Crippen MR) is 105 cm³/mol. The molecule has 1 aliphatic rings. The van der Waals surface area contributed by atoms with E-state index in [9.17, 15) is 0 Å². The highest BCUT2D eigenvalue weighted by Gasteiger charge is 2.24. The maximum atomic E-state index is 6.67. The molecule has 26 heavy (non-hydrogen) atoms. The molecule has 0 unspecified atom stereocenters. The van der Waals surface area contributed by atoms with E-state index < -0.39 is 0 Å². The van der Waals surface area contributed by atoms with Crippen LogP contribution in [0.2, 0.25) is 5.02 Å². The van der Waals surface area contributed by atoms with E-state index in [0.29, 0.717) is 22.5 Å². The maximum Gasteiger partial charge on any atom is 0.198 e. The van der Waals surface area contributed by atoms with Gasteiger partial charge in [0.2, 0.25) is 0 Å². The van der Waals surface area contributed by atoms with Crippen LogP contribution in [0.15, 0.2) is 36.5 Å².